The lowest BCUT2D eigenvalue weighted by atomic mass is 10.0. The predicted molar refractivity (Wildman–Crippen MR) is 120 cm³/mol. The number of nitrogens with zero attached hydrogens (tertiary/aromatic N) is 1. The molecule has 1 heterocycles. The minimum atomic E-state index is -0.719. The molecule has 3 aromatic carbocycles. The Labute approximate surface area is 188 Å². The summed E-state index contributed by atoms with van der Waals surface area (Å²) in [4.78, 5) is 27.7. The van der Waals surface area contributed by atoms with Crippen LogP contribution < -0.4 is 19.7 Å². The summed E-state index contributed by atoms with van der Waals surface area (Å²) in [6.07, 6.45) is 0. The van der Waals surface area contributed by atoms with Gasteiger partial charge < -0.3 is 14.8 Å². The highest BCUT2D eigenvalue weighted by Gasteiger charge is 2.42. The Bertz CT molecular complexity index is 1260. The first kappa shape index (κ1) is 21.4. The van der Waals surface area contributed by atoms with Crippen LogP contribution in [-0.2, 0) is 9.59 Å². The van der Waals surface area contributed by atoms with Gasteiger partial charge in [-0.3, -0.25) is 9.59 Å². The van der Waals surface area contributed by atoms with Gasteiger partial charge in [0.05, 0.1) is 31.2 Å². The van der Waals surface area contributed by atoms with E-state index in [1.165, 1.54) is 32.4 Å². The Morgan fingerprint density at radius 3 is 2.28 bits per heavy atom. The Kier molecular flexibility index (Phi) is 5.83. The highest BCUT2D eigenvalue weighted by atomic mass is 35.5. The largest absolute Gasteiger partial charge is 0.496 e. The van der Waals surface area contributed by atoms with Gasteiger partial charge in [0, 0.05) is 10.6 Å². The molecule has 3 aromatic rings. The molecular formula is C24H18ClFN2O4. The lowest BCUT2D eigenvalue weighted by Gasteiger charge is -2.16. The number of halogens is 2. The number of ether oxygens (including phenoxy) is 2. The van der Waals surface area contributed by atoms with Crippen LogP contribution >= 0.6 is 11.6 Å². The number of imide groups is 1. The van der Waals surface area contributed by atoms with Gasteiger partial charge in [-0.15, -0.1) is 0 Å². The van der Waals surface area contributed by atoms with Gasteiger partial charge in [-0.05, 0) is 36.4 Å². The summed E-state index contributed by atoms with van der Waals surface area (Å²) in [7, 11) is 2.93. The Hall–Kier alpha value is -3.84. The van der Waals surface area contributed by atoms with Crippen LogP contribution in [0.15, 0.2) is 72.4 Å². The van der Waals surface area contributed by atoms with E-state index in [1.54, 1.807) is 48.5 Å². The molecule has 1 aliphatic heterocycles. The summed E-state index contributed by atoms with van der Waals surface area (Å²) in [5.74, 6) is -1.31. The molecule has 162 valence electrons. The van der Waals surface area contributed by atoms with Crippen LogP contribution in [0, 0.1) is 5.82 Å². The second kappa shape index (κ2) is 8.72. The molecule has 2 amide bonds. The number of para-hydroxylation sites is 2. The van der Waals surface area contributed by atoms with E-state index in [2.05, 4.69) is 5.32 Å². The molecule has 8 heteroatoms. The number of methoxy groups -OCH3 is 2. The average Bonchev–Trinajstić information content (AvgIpc) is 3.03. The van der Waals surface area contributed by atoms with Crippen molar-refractivity contribution in [3.8, 4) is 11.5 Å². The van der Waals surface area contributed by atoms with Crippen molar-refractivity contribution in [1.29, 1.82) is 0 Å². The van der Waals surface area contributed by atoms with Crippen molar-refractivity contribution in [2.45, 2.75) is 0 Å². The zero-order valence-corrected chi connectivity index (χ0v) is 17.9. The molecular weight excluding hydrogens is 435 g/mol. The van der Waals surface area contributed by atoms with Crippen molar-refractivity contribution >= 4 is 40.4 Å². The second-order valence-electron chi connectivity index (χ2n) is 6.82. The molecule has 0 saturated heterocycles. The van der Waals surface area contributed by atoms with E-state index in [9.17, 15) is 14.0 Å². The molecule has 0 saturated carbocycles. The third-order valence-electron chi connectivity index (χ3n) is 4.97. The van der Waals surface area contributed by atoms with E-state index in [0.717, 1.165) is 4.90 Å². The number of hydrogen-bond donors (Lipinski definition) is 1. The number of carbonyl (C=O) groups excluding carboxylic acids is 2. The predicted octanol–water partition coefficient (Wildman–Crippen LogP) is 4.89. The van der Waals surface area contributed by atoms with Crippen molar-refractivity contribution in [2.75, 3.05) is 24.4 Å². The molecule has 6 nitrogen and oxygen atoms in total. The fraction of sp³-hybridized carbons (Fsp3) is 0.0833. The van der Waals surface area contributed by atoms with E-state index >= 15 is 0 Å². The molecule has 0 fully saturated rings. The van der Waals surface area contributed by atoms with Crippen LogP contribution in [0.4, 0.5) is 15.8 Å². The lowest BCUT2D eigenvalue weighted by Crippen LogP contribution is -2.33. The smallest absolute Gasteiger partial charge is 0.282 e. The number of anilines is 2. The zero-order valence-electron chi connectivity index (χ0n) is 17.2. The molecule has 0 bridgehead atoms. The molecule has 1 N–H and O–H groups in total. The van der Waals surface area contributed by atoms with Crippen molar-refractivity contribution < 1.29 is 23.5 Å². The second-order valence-corrected chi connectivity index (χ2v) is 7.25. The summed E-state index contributed by atoms with van der Waals surface area (Å²) in [6, 6.07) is 17.2. The molecule has 32 heavy (non-hydrogen) atoms. The number of hydrogen-bond acceptors (Lipinski definition) is 5. The lowest BCUT2D eigenvalue weighted by molar-refractivity contribution is -0.120. The fourth-order valence-corrected chi connectivity index (χ4v) is 3.68. The molecule has 0 radical (unpaired) electrons. The average molecular weight is 453 g/mol. The highest BCUT2D eigenvalue weighted by molar-refractivity contribution is 6.46. The van der Waals surface area contributed by atoms with E-state index in [1.807, 2.05) is 0 Å². The van der Waals surface area contributed by atoms with Crippen LogP contribution in [0.5, 0.6) is 11.5 Å². The number of benzene rings is 3. The van der Waals surface area contributed by atoms with Crippen LogP contribution in [-0.4, -0.2) is 26.0 Å². The molecule has 1 aliphatic rings. The summed E-state index contributed by atoms with van der Waals surface area (Å²) >= 11 is 6.13. The van der Waals surface area contributed by atoms with Gasteiger partial charge in [0.25, 0.3) is 11.8 Å². The molecule has 4 rings (SSSR count). The normalized spacial score (nSPS) is 13.6. The van der Waals surface area contributed by atoms with Crippen molar-refractivity contribution in [3.05, 3.63) is 88.8 Å². The maximum atomic E-state index is 14.5. The van der Waals surface area contributed by atoms with Gasteiger partial charge in [-0.25, -0.2) is 9.29 Å². The minimum Gasteiger partial charge on any atom is -0.496 e. The topological polar surface area (TPSA) is 67.9 Å². The first-order valence-electron chi connectivity index (χ1n) is 9.57. The number of rotatable bonds is 6. The molecule has 0 atom stereocenters. The van der Waals surface area contributed by atoms with Crippen LogP contribution in [0.3, 0.4) is 0 Å². The molecule has 0 aromatic heterocycles. The summed E-state index contributed by atoms with van der Waals surface area (Å²) in [5.41, 5.74) is 0.598. The van der Waals surface area contributed by atoms with E-state index in [0.29, 0.717) is 27.8 Å². The van der Waals surface area contributed by atoms with Crippen LogP contribution in [0.2, 0.25) is 5.02 Å². The summed E-state index contributed by atoms with van der Waals surface area (Å²) in [5, 5.41) is 3.38. The minimum absolute atomic E-state index is 0.0396. The Morgan fingerprint density at radius 1 is 0.875 bits per heavy atom. The Balaban J connectivity index is 1.91. The fourth-order valence-electron chi connectivity index (χ4n) is 3.51. The monoisotopic (exact) mass is 452 g/mol. The van der Waals surface area contributed by atoms with Crippen LogP contribution in [0.1, 0.15) is 5.56 Å². The first-order chi connectivity index (χ1) is 15.5. The van der Waals surface area contributed by atoms with Crippen molar-refractivity contribution in [3.63, 3.8) is 0 Å². The first-order valence-corrected chi connectivity index (χ1v) is 9.95. The van der Waals surface area contributed by atoms with Gasteiger partial charge in [0.15, 0.2) is 0 Å². The SMILES string of the molecule is COc1ccc(Cl)cc1NC1=C(c2ccccc2OC)C(=O)N(c2ccccc2F)C1=O. The Morgan fingerprint density at radius 2 is 1.56 bits per heavy atom. The van der Waals surface area contributed by atoms with Gasteiger partial charge in [0.1, 0.15) is 23.0 Å². The summed E-state index contributed by atoms with van der Waals surface area (Å²) < 4.78 is 25.3. The van der Waals surface area contributed by atoms with Crippen LogP contribution in [0.25, 0.3) is 5.57 Å². The van der Waals surface area contributed by atoms with Crippen molar-refractivity contribution in [1.82, 2.24) is 0 Å². The van der Waals surface area contributed by atoms with Gasteiger partial charge in [-0.2, -0.15) is 0 Å². The number of carbonyl (C=O) groups is 2. The third-order valence-corrected chi connectivity index (χ3v) is 5.21. The quantitative estimate of drug-likeness (QED) is 0.539. The van der Waals surface area contributed by atoms with E-state index in [-0.39, 0.29) is 17.0 Å². The van der Waals surface area contributed by atoms with Gasteiger partial charge in [-0.1, -0.05) is 41.9 Å². The van der Waals surface area contributed by atoms with E-state index < -0.39 is 17.6 Å². The standard InChI is InChI=1S/C24H18ClFN2O4/c1-31-19-10-6-3-7-15(19)21-22(27-17-13-14(25)11-12-20(17)32-2)24(30)28(23(21)29)18-9-5-4-8-16(18)26/h3-13,27H,1-2H3. The maximum Gasteiger partial charge on any atom is 0.282 e. The highest BCUT2D eigenvalue weighted by Crippen LogP contribution is 2.39. The molecule has 0 aliphatic carbocycles. The van der Waals surface area contributed by atoms with Gasteiger partial charge in [0.2, 0.25) is 0 Å². The zero-order chi connectivity index (χ0) is 22.8. The third kappa shape index (κ3) is 3.67. The summed E-state index contributed by atoms with van der Waals surface area (Å²) in [6.45, 7) is 0. The van der Waals surface area contributed by atoms with E-state index in [4.69, 9.17) is 21.1 Å². The molecule has 0 spiro atoms. The maximum absolute atomic E-state index is 14.5. The van der Waals surface area contributed by atoms with Gasteiger partial charge >= 0.3 is 0 Å². The van der Waals surface area contributed by atoms with Crippen molar-refractivity contribution in [2.24, 2.45) is 0 Å². The number of nitrogens with one attached hydrogen (secondary N) is 1. The number of amides is 2. The molecule has 0 unspecified atom stereocenters.